The van der Waals surface area contributed by atoms with E-state index < -0.39 is 17.5 Å². The van der Waals surface area contributed by atoms with Crippen LogP contribution in [0.1, 0.15) is 27.0 Å². The highest BCUT2D eigenvalue weighted by atomic mass is 16.7. The van der Waals surface area contributed by atoms with Crippen molar-refractivity contribution >= 4 is 18.1 Å². The number of carbonyl (C=O) groups is 2. The summed E-state index contributed by atoms with van der Waals surface area (Å²) in [6, 6.07) is 26.8. The number of aliphatic hydroxyl groups is 1. The van der Waals surface area contributed by atoms with Crippen LogP contribution in [0.4, 0.5) is 0 Å². The average Bonchev–Trinajstić information content (AvgIpc) is 3.46. The van der Waals surface area contributed by atoms with Crippen LogP contribution < -0.4 is 24.4 Å². The number of carbonyl (C=O) groups excluding carboxylic acids is 2. The number of hydrogen-bond donors (Lipinski definition) is 2. The molecule has 0 aliphatic carbocycles. The van der Waals surface area contributed by atoms with Crippen LogP contribution >= 0.6 is 0 Å². The second-order valence-electron chi connectivity index (χ2n) is 8.51. The van der Waals surface area contributed by atoms with Gasteiger partial charge < -0.3 is 24.1 Å². The molecular weight excluding hydrogens is 500 g/mol. The van der Waals surface area contributed by atoms with Crippen molar-refractivity contribution in [2.75, 3.05) is 13.9 Å². The smallest absolute Gasteiger partial charge is 0.343 e. The van der Waals surface area contributed by atoms with Crippen LogP contribution in [0.3, 0.4) is 0 Å². The summed E-state index contributed by atoms with van der Waals surface area (Å²) in [5, 5.41) is 15.5. The van der Waals surface area contributed by atoms with E-state index in [4.69, 9.17) is 18.9 Å². The molecule has 0 fully saturated rings. The fourth-order valence-electron chi connectivity index (χ4n) is 4.07. The Balaban J connectivity index is 1.30. The standard InChI is InChI=1S/C30H24N2O7/c1-36-26-16-20(12-14-25(26)39-28(33)21-13-15-24-27(17-21)38-19-37-24)18-31-32-29(34)30(35,22-8-4-2-5-9-22)23-10-6-3-7-11-23/h2-18,35H,19H2,1H3,(H,32,34)/b31-18+. The number of amides is 1. The van der Waals surface area contributed by atoms with Crippen molar-refractivity contribution < 1.29 is 33.6 Å². The van der Waals surface area contributed by atoms with Gasteiger partial charge in [0.25, 0.3) is 5.91 Å². The Bertz CT molecular complexity index is 1480. The Hall–Kier alpha value is -5.15. The van der Waals surface area contributed by atoms with Crippen LogP contribution in [0.5, 0.6) is 23.0 Å². The molecule has 0 unspecified atom stereocenters. The topological polar surface area (TPSA) is 116 Å². The van der Waals surface area contributed by atoms with Gasteiger partial charge >= 0.3 is 5.97 Å². The first-order chi connectivity index (χ1) is 19.0. The molecule has 5 rings (SSSR count). The number of fused-ring (bicyclic) bond motifs is 1. The fraction of sp³-hybridized carbons (Fsp3) is 0.100. The summed E-state index contributed by atoms with van der Waals surface area (Å²) in [7, 11) is 1.44. The molecule has 0 saturated carbocycles. The first kappa shape index (κ1) is 25.5. The van der Waals surface area contributed by atoms with Gasteiger partial charge in [0.1, 0.15) is 0 Å². The summed E-state index contributed by atoms with van der Waals surface area (Å²) in [5.74, 6) is 0.189. The van der Waals surface area contributed by atoms with Gasteiger partial charge in [0.15, 0.2) is 28.6 Å². The summed E-state index contributed by atoms with van der Waals surface area (Å²) in [6.07, 6.45) is 1.39. The molecule has 1 aliphatic heterocycles. The highest BCUT2D eigenvalue weighted by Crippen LogP contribution is 2.34. The van der Waals surface area contributed by atoms with E-state index in [0.717, 1.165) is 0 Å². The lowest BCUT2D eigenvalue weighted by atomic mass is 9.85. The Morgan fingerprint density at radius 2 is 1.54 bits per heavy atom. The minimum absolute atomic E-state index is 0.100. The van der Waals surface area contributed by atoms with Gasteiger partial charge in [-0.05, 0) is 53.1 Å². The maximum absolute atomic E-state index is 13.2. The summed E-state index contributed by atoms with van der Waals surface area (Å²) >= 11 is 0. The Morgan fingerprint density at radius 3 is 2.21 bits per heavy atom. The fourth-order valence-corrected chi connectivity index (χ4v) is 4.07. The predicted molar refractivity (Wildman–Crippen MR) is 142 cm³/mol. The van der Waals surface area contributed by atoms with Gasteiger partial charge in [-0.25, -0.2) is 10.2 Å². The van der Waals surface area contributed by atoms with Gasteiger partial charge in [-0.1, -0.05) is 60.7 Å². The van der Waals surface area contributed by atoms with Crippen LogP contribution in [0.15, 0.2) is 102 Å². The van der Waals surface area contributed by atoms with E-state index in [1.807, 2.05) is 0 Å². The van der Waals surface area contributed by atoms with Crippen molar-refractivity contribution in [1.29, 1.82) is 0 Å². The van der Waals surface area contributed by atoms with Gasteiger partial charge in [-0.3, -0.25) is 4.79 Å². The van der Waals surface area contributed by atoms with E-state index in [2.05, 4.69) is 10.5 Å². The molecule has 0 atom stereocenters. The van der Waals surface area contributed by atoms with Crippen molar-refractivity contribution in [3.05, 3.63) is 119 Å². The zero-order valence-electron chi connectivity index (χ0n) is 20.9. The highest BCUT2D eigenvalue weighted by molar-refractivity contribution is 5.93. The number of rotatable bonds is 8. The Kier molecular flexibility index (Phi) is 7.24. The van der Waals surface area contributed by atoms with Crippen LogP contribution in [-0.4, -0.2) is 37.1 Å². The zero-order chi connectivity index (χ0) is 27.2. The Morgan fingerprint density at radius 1 is 0.872 bits per heavy atom. The number of ether oxygens (including phenoxy) is 4. The SMILES string of the molecule is COc1cc(/C=N/NC(=O)C(O)(c2ccccc2)c2ccccc2)ccc1OC(=O)c1ccc2c(c1)OCO2. The normalized spacial score (nSPS) is 12.3. The van der Waals surface area contributed by atoms with Gasteiger partial charge in [-0.2, -0.15) is 5.10 Å². The maximum Gasteiger partial charge on any atom is 0.343 e. The molecule has 0 saturated heterocycles. The van der Waals surface area contributed by atoms with Crippen molar-refractivity contribution in [2.45, 2.75) is 5.60 Å². The predicted octanol–water partition coefficient (Wildman–Crippen LogP) is 4.03. The lowest BCUT2D eigenvalue weighted by Crippen LogP contribution is -2.43. The molecule has 4 aromatic carbocycles. The second kappa shape index (κ2) is 11.1. The van der Waals surface area contributed by atoms with Crippen molar-refractivity contribution in [1.82, 2.24) is 5.43 Å². The zero-order valence-corrected chi connectivity index (χ0v) is 20.9. The minimum Gasteiger partial charge on any atom is -0.493 e. The molecule has 0 aromatic heterocycles. The van der Waals surface area contributed by atoms with Gasteiger partial charge in [-0.15, -0.1) is 0 Å². The molecule has 1 aliphatic rings. The second-order valence-corrected chi connectivity index (χ2v) is 8.51. The lowest BCUT2D eigenvalue weighted by Gasteiger charge is -2.27. The quantitative estimate of drug-likeness (QED) is 0.155. The molecule has 9 heteroatoms. The van der Waals surface area contributed by atoms with Gasteiger partial charge in [0.2, 0.25) is 6.79 Å². The van der Waals surface area contributed by atoms with E-state index in [1.165, 1.54) is 13.3 Å². The third kappa shape index (κ3) is 5.29. The lowest BCUT2D eigenvalue weighted by molar-refractivity contribution is -0.136. The first-order valence-corrected chi connectivity index (χ1v) is 12.0. The number of nitrogens with one attached hydrogen (secondary N) is 1. The highest BCUT2D eigenvalue weighted by Gasteiger charge is 2.39. The molecule has 39 heavy (non-hydrogen) atoms. The van der Waals surface area contributed by atoms with E-state index in [9.17, 15) is 14.7 Å². The monoisotopic (exact) mass is 524 g/mol. The van der Waals surface area contributed by atoms with Crippen LogP contribution in [0.2, 0.25) is 0 Å². The van der Waals surface area contributed by atoms with Crippen molar-refractivity contribution in [2.24, 2.45) is 5.10 Å². The maximum atomic E-state index is 13.2. The average molecular weight is 525 g/mol. The summed E-state index contributed by atoms with van der Waals surface area (Å²) in [4.78, 5) is 25.9. The first-order valence-electron chi connectivity index (χ1n) is 12.0. The molecular formula is C30H24N2O7. The van der Waals surface area contributed by atoms with Crippen LogP contribution in [0, 0.1) is 0 Å². The van der Waals surface area contributed by atoms with Crippen molar-refractivity contribution in [3.8, 4) is 23.0 Å². The number of esters is 1. The van der Waals surface area contributed by atoms with Crippen LogP contribution in [0.25, 0.3) is 0 Å². The molecule has 0 radical (unpaired) electrons. The number of benzene rings is 4. The molecule has 1 heterocycles. The summed E-state index contributed by atoms with van der Waals surface area (Å²) in [5.41, 5.74) is 2.12. The van der Waals surface area contributed by atoms with Crippen LogP contribution in [-0.2, 0) is 10.4 Å². The molecule has 0 spiro atoms. The molecule has 4 aromatic rings. The number of hydrogen-bond acceptors (Lipinski definition) is 8. The van der Waals surface area contributed by atoms with Gasteiger partial charge in [0.05, 0.1) is 18.9 Å². The molecule has 1 amide bonds. The molecule has 2 N–H and O–H groups in total. The third-order valence-corrected chi connectivity index (χ3v) is 6.09. The van der Waals surface area contributed by atoms with Gasteiger partial charge in [0, 0.05) is 0 Å². The number of hydrazone groups is 1. The van der Waals surface area contributed by atoms with Crippen molar-refractivity contribution in [3.63, 3.8) is 0 Å². The molecule has 9 nitrogen and oxygen atoms in total. The number of methoxy groups -OCH3 is 1. The summed E-state index contributed by atoms with van der Waals surface area (Å²) in [6.45, 7) is 0.100. The summed E-state index contributed by atoms with van der Waals surface area (Å²) < 4.78 is 21.5. The molecule has 196 valence electrons. The largest absolute Gasteiger partial charge is 0.493 e. The number of nitrogens with zero attached hydrogens (tertiary/aromatic N) is 1. The Labute approximate surface area is 224 Å². The molecule has 0 bridgehead atoms. The van der Waals surface area contributed by atoms with E-state index in [-0.39, 0.29) is 18.3 Å². The minimum atomic E-state index is -1.95. The van der Waals surface area contributed by atoms with E-state index in [0.29, 0.717) is 33.8 Å². The van der Waals surface area contributed by atoms with E-state index in [1.54, 1.807) is 97.1 Å². The third-order valence-electron chi connectivity index (χ3n) is 6.09. The van der Waals surface area contributed by atoms with E-state index >= 15 is 0 Å².